The van der Waals surface area contributed by atoms with Crippen LogP contribution in [0.25, 0.3) is 0 Å². The van der Waals surface area contributed by atoms with Crippen molar-refractivity contribution >= 4 is 144 Å². The molecule has 40 nitrogen and oxygen atoms in total. The Balaban J connectivity index is -0.00000000517. The predicted octanol–water partition coefficient (Wildman–Crippen LogP) is -31.7. The van der Waals surface area contributed by atoms with E-state index in [-0.39, 0.29) is 268 Å². The molecular weight excluding hydrogens is 1530 g/mol. The van der Waals surface area contributed by atoms with Gasteiger partial charge in [0, 0.05) is 91.7 Å². The van der Waals surface area contributed by atoms with Crippen LogP contribution in [-0.4, -0.2) is 199 Å². The number of rotatable bonds is 0. The first-order chi connectivity index (χ1) is 17.3. The molecule has 0 unspecified atom stereocenters. The van der Waals surface area contributed by atoms with Gasteiger partial charge in [-0.2, -0.15) is 0 Å². The van der Waals surface area contributed by atoms with Crippen molar-refractivity contribution in [2.24, 2.45) is 0 Å². The van der Waals surface area contributed by atoms with Crippen molar-refractivity contribution in [3.8, 4) is 0 Å². The van der Waals surface area contributed by atoms with Crippen LogP contribution in [0.2, 0.25) is 0 Å². The van der Waals surface area contributed by atoms with Crippen molar-refractivity contribution in [2.75, 3.05) is 0 Å². The SMILES string of the molecule is O=[Si]([O-])[O-].O=[Si]([O-])[O-].O=[Si]([O-])[O-].O=[Si]([O-])[O-].O=[Si]([O-])[O-].O=[Si]([O-])[O-].O=[Si]([O-])[O-].O=[Si]([O-])[O-].O=[Si]([O-])[O-].O=[Si]([O-])[O-].[Al+3].[Al+3].[Al+3].[Fe+3].[Fe+3].[Fe+3].[Mn+2].[Mn+2].[Mn+2].[OH-].[OH-].[OH-].[OH-].[OH-].[OH-].[OH-].[OH-].[OH-].[OH-].[Zn+2].[Zn+2].[Zn+2]. The van der Waals surface area contributed by atoms with Crippen LogP contribution < -0.4 is 95.9 Å². The van der Waals surface area contributed by atoms with Crippen LogP contribution in [0.15, 0.2) is 0 Å². The monoisotopic (exact) mass is 1530 g/mol. The van der Waals surface area contributed by atoms with E-state index in [2.05, 4.69) is 0 Å². The standard InChI is InChI=1S/3Al.3Fe.3Mn.10O3Si.10H2O.3Zn/c;;;;;;;;;10*1-4(2)3;;;;;;;;;;;;;/h;;;;;;;;;;;;;;;;;;;10*1H2;;;/q6*+3;3*+2;10*-2;;;;;;;;;;;3*+2/p-10. The van der Waals surface area contributed by atoms with E-state index in [4.69, 9.17) is 141 Å². The summed E-state index contributed by atoms with van der Waals surface area (Å²) >= 11 is 0. The normalized spacial score (nSPS) is 3.87. The number of hydrogen-bond acceptors (Lipinski definition) is 40. The predicted molar refractivity (Wildman–Crippen MR) is 101 cm³/mol. The third kappa shape index (κ3) is 42400. The Morgan fingerprint density at radius 3 is 0.177 bits per heavy atom. The molecule has 350 valence electrons. The van der Waals surface area contributed by atoms with Crippen LogP contribution in [0.4, 0.5) is 0 Å². The molecule has 0 aromatic rings. The Hall–Kier alpha value is 2.35. The first-order valence-corrected chi connectivity index (χ1v) is 18.4. The van der Waals surface area contributed by atoms with Crippen molar-refractivity contribution in [3.63, 3.8) is 0 Å². The molecule has 62 heteroatoms. The van der Waals surface area contributed by atoms with Gasteiger partial charge in [-0.25, -0.2) is 0 Å². The summed E-state index contributed by atoms with van der Waals surface area (Å²) in [5, 5.41) is 0. The zero-order chi connectivity index (χ0) is 35.8. The molecule has 0 fully saturated rings. The average molecular weight is 1540 g/mol. The van der Waals surface area contributed by atoms with Gasteiger partial charge >= 0.3 is 213 Å². The van der Waals surface area contributed by atoms with Gasteiger partial charge in [-0.15, -0.1) is 0 Å². The topological polar surface area (TPSA) is 932 Å². The maximum absolute atomic E-state index is 8.52. The fourth-order valence-corrected chi connectivity index (χ4v) is 0. The largest absolute Gasteiger partial charge is 3.00 e. The summed E-state index contributed by atoms with van der Waals surface area (Å²) in [6.45, 7) is 0. The molecule has 62 heavy (non-hydrogen) atoms. The van der Waals surface area contributed by atoms with Crippen molar-refractivity contribution in [3.05, 3.63) is 0 Å². The molecule has 0 aliphatic rings. The minimum absolute atomic E-state index is 0. The maximum atomic E-state index is 8.52. The average Bonchev–Trinajstić information content (AvgIpc) is 2.47. The van der Waals surface area contributed by atoms with Crippen LogP contribution in [0.1, 0.15) is 0 Å². The van der Waals surface area contributed by atoms with Gasteiger partial charge in [0.05, 0.1) is 0 Å². The Morgan fingerprint density at radius 2 is 0.177 bits per heavy atom. The molecule has 0 atom stereocenters. The number of hydrogen-bond donors (Lipinski definition) is 0. The molecule has 0 amide bonds. The summed E-state index contributed by atoms with van der Waals surface area (Å²) in [5.74, 6) is 0. The molecule has 0 aliphatic heterocycles. The quantitative estimate of drug-likeness (QED) is 0.203. The summed E-state index contributed by atoms with van der Waals surface area (Å²) in [6.07, 6.45) is 0. The molecule has 0 aromatic heterocycles. The van der Waals surface area contributed by atoms with E-state index in [9.17, 15) is 0 Å². The molecule has 0 spiro atoms. The van der Waals surface area contributed by atoms with Gasteiger partial charge in [-0.05, 0) is 0 Å². The first kappa shape index (κ1) is 247. The first-order valence-electron chi connectivity index (χ1n) is 6.12. The fraction of sp³-hybridized carbons (Fsp3) is 0. The van der Waals surface area contributed by atoms with Gasteiger partial charge in [-0.1, -0.05) is 0 Å². The Kier molecular flexibility index (Phi) is 937. The molecule has 0 heterocycles. The van der Waals surface area contributed by atoms with Gasteiger partial charge in [-0.3, -0.25) is 0 Å². The molecule has 0 aliphatic carbocycles. The molecule has 0 rings (SSSR count). The minimum Gasteiger partial charge on any atom is -0.870 e. The summed E-state index contributed by atoms with van der Waals surface area (Å²) in [5.41, 5.74) is 0. The van der Waals surface area contributed by atoms with E-state index in [0.29, 0.717) is 0 Å². The van der Waals surface area contributed by atoms with Gasteiger partial charge < -0.3 is 195 Å². The second-order valence-electron chi connectivity index (χ2n) is 2.50. The summed E-state index contributed by atoms with van der Waals surface area (Å²) < 4.78 is 85.2. The van der Waals surface area contributed by atoms with Crippen LogP contribution in [0.5, 0.6) is 0 Å². The molecule has 10 N–H and O–H groups in total. The molecule has 6 radical (unpaired) electrons. The second kappa shape index (κ2) is 235. The van der Waals surface area contributed by atoms with Crippen LogP contribution in [0.3, 0.4) is 0 Å². The van der Waals surface area contributed by atoms with Crippen LogP contribution >= 0.6 is 0 Å². The Labute approximate surface area is 493 Å². The fourth-order valence-electron chi connectivity index (χ4n) is 0. The smallest absolute Gasteiger partial charge is 0.870 e. The van der Waals surface area contributed by atoms with Gasteiger partial charge in [0.25, 0.3) is 0 Å². The second-order valence-corrected chi connectivity index (χ2v) is 7.50. The summed E-state index contributed by atoms with van der Waals surface area (Å²) in [4.78, 5) is 170. The van der Waals surface area contributed by atoms with E-state index in [0.717, 1.165) is 0 Å². The van der Waals surface area contributed by atoms with E-state index in [1.165, 1.54) is 0 Å². The molecule has 0 saturated heterocycles. The zero-order valence-corrected chi connectivity index (χ0v) is 57.0. The van der Waals surface area contributed by atoms with E-state index >= 15 is 0 Å². The summed E-state index contributed by atoms with van der Waals surface area (Å²) in [7, 11) is -36.3. The third-order valence-corrected chi connectivity index (χ3v) is 0. The third-order valence-electron chi connectivity index (χ3n) is 0. The van der Waals surface area contributed by atoms with Crippen LogP contribution in [0, 0.1) is 0 Å². The molecular formula is H10Al3Fe3Mn3O40Si10Zn3. The molecule has 0 bridgehead atoms. The van der Waals surface area contributed by atoms with Gasteiger partial charge in [0.15, 0.2) is 0 Å². The summed E-state index contributed by atoms with van der Waals surface area (Å²) in [6, 6.07) is 0. The minimum atomic E-state index is -3.63. The van der Waals surface area contributed by atoms with E-state index in [1.54, 1.807) is 0 Å². The van der Waals surface area contributed by atoms with Crippen LogP contribution in [-0.2, 0) is 205 Å². The molecule has 0 aromatic carbocycles. The van der Waals surface area contributed by atoms with Crippen molar-refractivity contribution < 1.29 is 356 Å². The van der Waals surface area contributed by atoms with E-state index < -0.39 is 91.7 Å². The van der Waals surface area contributed by atoms with Crippen molar-refractivity contribution in [2.45, 2.75) is 0 Å². The van der Waals surface area contributed by atoms with Gasteiger partial charge in [0.1, 0.15) is 0 Å². The maximum Gasteiger partial charge on any atom is 3.00 e. The Bertz CT molecular complexity index is 534. The zero-order valence-electron chi connectivity index (χ0n) is 27.8. The molecule has 0 saturated carbocycles. The van der Waals surface area contributed by atoms with Crippen molar-refractivity contribution in [1.29, 1.82) is 0 Å². The van der Waals surface area contributed by atoms with Gasteiger partial charge in [0.2, 0.25) is 0 Å². The Morgan fingerprint density at radius 1 is 0.177 bits per heavy atom. The van der Waals surface area contributed by atoms with Crippen molar-refractivity contribution in [1.82, 2.24) is 0 Å². The van der Waals surface area contributed by atoms with E-state index in [1.807, 2.05) is 0 Å².